The van der Waals surface area contributed by atoms with Gasteiger partial charge < -0.3 is 8.98 Å². The fourth-order valence-corrected chi connectivity index (χ4v) is 12.5. The van der Waals surface area contributed by atoms with Crippen LogP contribution in [0.4, 0.5) is 4.39 Å². The number of nitrogens with zero attached hydrogens (tertiary/aromatic N) is 4. The van der Waals surface area contributed by atoms with Crippen LogP contribution in [-0.4, -0.2) is 32.8 Å². The molecule has 11 aromatic rings. The van der Waals surface area contributed by atoms with Crippen molar-refractivity contribution in [3.63, 3.8) is 0 Å². The topological polar surface area (TPSA) is 56.7 Å². The van der Waals surface area contributed by atoms with E-state index < -0.39 is 20.1 Å². The zero-order valence-corrected chi connectivity index (χ0v) is 45.5. The van der Waals surface area contributed by atoms with Gasteiger partial charge in [0, 0.05) is 42.3 Å². The number of benzene rings is 7. The van der Waals surface area contributed by atoms with Gasteiger partial charge >= 0.3 is 150 Å². The Balaban J connectivity index is 0.000000201. The molecule has 8 heteroatoms. The Bertz CT molecular complexity index is 3860. The smallest absolute Gasteiger partial charge is 0 e. The van der Waals surface area contributed by atoms with Gasteiger partial charge in [-0.1, -0.05) is 107 Å². The molecule has 11 rings (SSSR count). The Labute approximate surface area is 431 Å². The summed E-state index contributed by atoms with van der Waals surface area (Å²) in [4.78, 5) is 14.8. The summed E-state index contributed by atoms with van der Waals surface area (Å²) in [5.41, 5.74) is 11.8. The molecule has 0 saturated carbocycles. The second-order valence-corrected chi connectivity index (χ2v) is 30.5. The number of fused-ring (bicyclic) bond motifs is 7. The van der Waals surface area contributed by atoms with Gasteiger partial charge in [-0.15, -0.1) is 18.2 Å². The number of aromatic nitrogens is 4. The van der Waals surface area contributed by atoms with Crippen LogP contribution in [0, 0.1) is 24.8 Å². The quantitative estimate of drug-likeness (QED) is 0.112. The number of halogens is 1. The summed E-state index contributed by atoms with van der Waals surface area (Å²) < 4.78 is 48.0. The molecule has 0 unspecified atom stereocenters. The van der Waals surface area contributed by atoms with E-state index in [1.807, 2.05) is 36.4 Å². The van der Waals surface area contributed by atoms with Crippen LogP contribution >= 0.6 is 0 Å². The largest absolute Gasteiger partial charge is 0 e. The monoisotopic (exact) mass is 1160 g/mol. The third kappa shape index (κ3) is 8.93. The van der Waals surface area contributed by atoms with Crippen LogP contribution in [0.5, 0.6) is 0 Å². The first kappa shape index (κ1) is 44.9. The van der Waals surface area contributed by atoms with Crippen LogP contribution in [-0.2, 0) is 20.1 Å². The minimum absolute atomic E-state index is 0. The summed E-state index contributed by atoms with van der Waals surface area (Å²) in [5.74, 6) is 7.75. The second kappa shape index (κ2) is 19.5. The third-order valence-electron chi connectivity index (χ3n) is 13.2. The van der Waals surface area contributed by atoms with E-state index in [2.05, 4.69) is 165 Å². The van der Waals surface area contributed by atoms with Crippen LogP contribution in [0.2, 0.25) is 17.3 Å². The number of hydrogen-bond donors (Lipinski definition) is 0. The molecular weight excluding hydrogens is 1100 g/mol. The van der Waals surface area contributed by atoms with Gasteiger partial charge in [0.05, 0.1) is 22.4 Å². The van der Waals surface area contributed by atoms with Crippen molar-refractivity contribution in [3.05, 3.63) is 186 Å². The molecule has 0 amide bonds. The number of hydrogen-bond acceptors (Lipinski definition) is 4. The third-order valence-corrected chi connectivity index (χ3v) is 17.4. The summed E-state index contributed by atoms with van der Waals surface area (Å²) in [7, 11) is 0. The molecule has 0 spiro atoms. The summed E-state index contributed by atoms with van der Waals surface area (Å²) in [6.07, 6.45) is 1.69. The molecule has 0 atom stereocenters. The maximum Gasteiger partial charge on any atom is 0 e. The summed E-state index contributed by atoms with van der Waals surface area (Å²) >= 11 is -2.41. The molecule has 0 N–H and O–H groups in total. The number of aryl methyl sites for hydroxylation is 1. The molecule has 4 aromatic heterocycles. The van der Waals surface area contributed by atoms with Crippen molar-refractivity contribution in [2.75, 3.05) is 0 Å². The number of furan rings is 1. The first-order chi connectivity index (χ1) is 34.4. The molecule has 0 saturated heterocycles. The molecule has 0 bridgehead atoms. The van der Waals surface area contributed by atoms with Crippen molar-refractivity contribution in [2.45, 2.75) is 83.4 Å². The minimum Gasteiger partial charge on any atom is 0 e. The van der Waals surface area contributed by atoms with Gasteiger partial charge in [0.15, 0.2) is 0 Å². The predicted octanol–water partition coefficient (Wildman–Crippen LogP) is 16.7. The molecule has 0 fully saturated rings. The number of pyridine rings is 2. The van der Waals surface area contributed by atoms with Crippen molar-refractivity contribution >= 4 is 72.3 Å². The van der Waals surface area contributed by atoms with Gasteiger partial charge in [0.25, 0.3) is 0 Å². The first-order valence-electron chi connectivity index (χ1n) is 25.4. The Kier molecular flexibility index (Phi) is 12.5. The number of rotatable bonds is 8. The van der Waals surface area contributed by atoms with Crippen LogP contribution in [0.25, 0.3) is 94.1 Å². The molecule has 4 heterocycles. The van der Waals surface area contributed by atoms with Crippen molar-refractivity contribution in [1.29, 1.82) is 0 Å². The maximum absolute atomic E-state index is 14.3. The Morgan fingerprint density at radius 3 is 2.14 bits per heavy atom. The van der Waals surface area contributed by atoms with Crippen molar-refractivity contribution in [2.24, 2.45) is 0 Å². The molecule has 0 aliphatic rings. The predicted molar refractivity (Wildman–Crippen MR) is 289 cm³/mol. The summed E-state index contributed by atoms with van der Waals surface area (Å²) in [5, 5.41) is 6.93. The van der Waals surface area contributed by atoms with Gasteiger partial charge in [-0.3, -0.25) is 4.98 Å². The normalized spacial score (nSPS) is 12.7. The van der Waals surface area contributed by atoms with E-state index in [-0.39, 0.29) is 37.8 Å². The molecular formula is C62H57FGeIrN4O-2. The Hall–Kier alpha value is -6.25. The van der Waals surface area contributed by atoms with E-state index in [4.69, 9.17) is 18.5 Å². The van der Waals surface area contributed by atoms with Crippen LogP contribution in [0.15, 0.2) is 150 Å². The maximum atomic E-state index is 14.3. The van der Waals surface area contributed by atoms with Gasteiger partial charge in [0.2, 0.25) is 5.71 Å². The number of imidazole rings is 1. The molecule has 0 aliphatic heterocycles. The van der Waals surface area contributed by atoms with Gasteiger partial charge in [-0.25, -0.2) is 4.98 Å². The average Bonchev–Trinajstić information content (AvgIpc) is 3.94. The SMILES string of the molecule is CC(C)c1ccc2c(n1)oc1c(-c3nc4ccc5ccccc5c4n3-c3c(C(C)C)cc4ccccc4c3C(C)C)[c-]ccc12.[2H]C([2H])([2H])c1cc(-c2[c-]cc(F)c(-c3ccccc3)c2)nc[c]1[Ge]([CH3])([CH3])[CH3].[Ir]. The van der Waals surface area contributed by atoms with Crippen LogP contribution < -0.4 is 4.40 Å². The molecule has 5 nitrogen and oxygen atoms in total. The Morgan fingerprint density at radius 1 is 0.700 bits per heavy atom. The van der Waals surface area contributed by atoms with E-state index in [1.54, 1.807) is 18.3 Å². The molecule has 70 heavy (non-hydrogen) atoms. The van der Waals surface area contributed by atoms with Crippen molar-refractivity contribution < 1.29 is 33.0 Å². The van der Waals surface area contributed by atoms with E-state index in [1.165, 1.54) is 44.4 Å². The molecule has 353 valence electrons. The van der Waals surface area contributed by atoms with E-state index >= 15 is 0 Å². The van der Waals surface area contributed by atoms with Crippen molar-refractivity contribution in [1.82, 2.24) is 19.5 Å². The molecule has 1 radical (unpaired) electrons. The minimum atomic E-state index is -2.41. The fourth-order valence-electron chi connectivity index (χ4n) is 9.67. The summed E-state index contributed by atoms with van der Waals surface area (Å²) in [6.45, 7) is 11.3. The second-order valence-electron chi connectivity index (χ2n) is 20.0. The van der Waals surface area contributed by atoms with Gasteiger partial charge in [-0.05, 0) is 69.3 Å². The van der Waals surface area contributed by atoms with Crippen LogP contribution in [0.1, 0.15) is 85.8 Å². The molecule has 7 aromatic carbocycles. The van der Waals surface area contributed by atoms with E-state index in [0.717, 1.165) is 54.4 Å². The van der Waals surface area contributed by atoms with Gasteiger partial charge in [0.1, 0.15) is 0 Å². The van der Waals surface area contributed by atoms with E-state index in [0.29, 0.717) is 34.0 Å². The van der Waals surface area contributed by atoms with Crippen molar-refractivity contribution in [3.8, 4) is 39.5 Å². The van der Waals surface area contributed by atoms with Crippen LogP contribution in [0.3, 0.4) is 0 Å². The zero-order valence-electron chi connectivity index (χ0n) is 44.0. The standard InChI is InChI=1S/C41H36N3O.C21H21FGeN.Ir/c1-23(2)33-22-27-13-8-9-14-28(27)36(25(5)6)38(33)44-37-29-15-10-7-12-26(29)18-20-35(37)42-40(44)32-17-11-16-30-31-19-21-34(24(3)4)43-41(31)45-39(30)32;1-15-12-21(24-14-20(15)23(2,3)4)17-10-11-19(22)18(13-17)16-8-6-5-7-9-16;/h7-16,18-25H,1-6H3;5-9,11-14H,1-4H3;/q2*-1;/i;1D3;. The fraction of sp³-hybridized carbons (Fsp3) is 0.210. The Morgan fingerprint density at radius 2 is 1.43 bits per heavy atom. The summed E-state index contributed by atoms with van der Waals surface area (Å²) in [6, 6.07) is 52.7. The van der Waals surface area contributed by atoms with Gasteiger partial charge in [-0.2, -0.15) is 0 Å². The first-order valence-corrected chi connectivity index (χ1v) is 31.2. The molecule has 0 aliphatic carbocycles. The van der Waals surface area contributed by atoms with E-state index in [9.17, 15) is 4.39 Å². The zero-order chi connectivity index (χ0) is 50.8. The average molecular weight is 1160 g/mol.